The molecule has 1 aliphatic rings. The van der Waals surface area contributed by atoms with E-state index < -0.39 is 0 Å². The second kappa shape index (κ2) is 7.23. The molecule has 2 heterocycles. The molecule has 1 N–H and O–H groups in total. The van der Waals surface area contributed by atoms with Gasteiger partial charge in [-0.25, -0.2) is 4.79 Å². The lowest BCUT2D eigenvalue weighted by atomic mass is 10.1. The van der Waals surface area contributed by atoms with Crippen molar-refractivity contribution in [3.8, 4) is 5.69 Å². The van der Waals surface area contributed by atoms with Gasteiger partial charge in [0.1, 0.15) is 6.33 Å². The van der Waals surface area contributed by atoms with E-state index in [0.717, 1.165) is 41.2 Å². The number of nitrogens with zero attached hydrogens (tertiary/aromatic N) is 4. The molecule has 1 aliphatic heterocycles. The summed E-state index contributed by atoms with van der Waals surface area (Å²) in [4.78, 5) is 14.9. The fourth-order valence-electron chi connectivity index (χ4n) is 3.59. The third-order valence-electron chi connectivity index (χ3n) is 5.05. The number of urea groups is 1. The Morgan fingerprint density at radius 3 is 2.78 bits per heavy atom. The number of likely N-dealkylation sites (tertiary alicyclic amines) is 1. The molecule has 2 aromatic carbocycles. The van der Waals surface area contributed by atoms with Gasteiger partial charge < -0.3 is 10.2 Å². The third-order valence-corrected chi connectivity index (χ3v) is 5.05. The highest BCUT2D eigenvalue weighted by Crippen LogP contribution is 2.32. The van der Waals surface area contributed by atoms with E-state index >= 15 is 0 Å². The van der Waals surface area contributed by atoms with Crippen molar-refractivity contribution >= 4 is 11.7 Å². The average Bonchev–Trinajstić information content (AvgIpc) is 3.34. The lowest BCUT2D eigenvalue weighted by Gasteiger charge is -2.25. The number of nitrogens with one attached hydrogen (secondary N) is 1. The summed E-state index contributed by atoms with van der Waals surface area (Å²) in [5, 5.41) is 11.5. The summed E-state index contributed by atoms with van der Waals surface area (Å²) < 4.78 is 1.97. The number of benzene rings is 2. The summed E-state index contributed by atoms with van der Waals surface area (Å²) >= 11 is 0. The fraction of sp³-hybridized carbons (Fsp3) is 0.286. The molecule has 0 radical (unpaired) electrons. The molecule has 1 fully saturated rings. The van der Waals surface area contributed by atoms with Gasteiger partial charge in [0, 0.05) is 17.9 Å². The zero-order chi connectivity index (χ0) is 18.8. The summed E-state index contributed by atoms with van der Waals surface area (Å²) in [7, 11) is 0. The smallest absolute Gasteiger partial charge is 0.314 e. The van der Waals surface area contributed by atoms with Crippen molar-refractivity contribution in [1.82, 2.24) is 19.7 Å². The monoisotopic (exact) mass is 361 g/mol. The summed E-state index contributed by atoms with van der Waals surface area (Å²) in [6.45, 7) is 4.74. The highest BCUT2D eigenvalue weighted by molar-refractivity contribution is 5.90. The molecular formula is C21H23N5O. The molecule has 2 amide bonds. The van der Waals surface area contributed by atoms with Crippen molar-refractivity contribution in [2.45, 2.75) is 32.7 Å². The van der Waals surface area contributed by atoms with Crippen LogP contribution in [-0.2, 0) is 0 Å². The minimum Gasteiger partial charge on any atom is -0.314 e. The van der Waals surface area contributed by atoms with Gasteiger partial charge in [-0.3, -0.25) is 4.57 Å². The minimum absolute atomic E-state index is 0.0854. The van der Waals surface area contributed by atoms with E-state index in [1.165, 1.54) is 0 Å². The highest BCUT2D eigenvalue weighted by Gasteiger charge is 2.33. The van der Waals surface area contributed by atoms with Gasteiger partial charge in [-0.05, 0) is 56.0 Å². The Morgan fingerprint density at radius 2 is 1.96 bits per heavy atom. The predicted octanol–water partition coefficient (Wildman–Crippen LogP) is 4.25. The fourth-order valence-corrected chi connectivity index (χ4v) is 3.59. The molecule has 0 saturated carbocycles. The maximum Gasteiger partial charge on any atom is 0.322 e. The Labute approximate surface area is 158 Å². The first kappa shape index (κ1) is 17.3. The van der Waals surface area contributed by atoms with E-state index in [1.54, 1.807) is 6.33 Å². The Hall–Kier alpha value is -3.15. The highest BCUT2D eigenvalue weighted by atomic mass is 16.2. The van der Waals surface area contributed by atoms with Crippen LogP contribution >= 0.6 is 0 Å². The summed E-state index contributed by atoms with van der Waals surface area (Å²) in [6, 6.07) is 15.9. The molecule has 4 rings (SSSR count). The standard InChI is InChI=1S/C21H23N5O/c1-15-10-11-16(2)18(13-15)23-21(27)25-12-6-9-19(25)20-24-22-14-26(20)17-7-4-3-5-8-17/h3-5,7-8,10-11,13-14,19H,6,9,12H2,1-2H3,(H,23,27). The summed E-state index contributed by atoms with van der Waals surface area (Å²) in [5.41, 5.74) is 4.03. The molecule has 0 aliphatic carbocycles. The Balaban J connectivity index is 1.59. The van der Waals surface area contributed by atoms with Gasteiger partial charge in [-0.15, -0.1) is 10.2 Å². The maximum atomic E-state index is 13.0. The molecule has 27 heavy (non-hydrogen) atoms. The largest absolute Gasteiger partial charge is 0.322 e. The number of hydrogen-bond acceptors (Lipinski definition) is 3. The number of para-hydroxylation sites is 1. The first-order chi connectivity index (χ1) is 13.1. The number of rotatable bonds is 3. The zero-order valence-corrected chi connectivity index (χ0v) is 15.6. The molecule has 1 aromatic heterocycles. The quantitative estimate of drug-likeness (QED) is 0.758. The first-order valence-electron chi connectivity index (χ1n) is 9.24. The SMILES string of the molecule is Cc1ccc(C)c(NC(=O)N2CCCC2c2nncn2-c2ccccc2)c1. The number of hydrogen-bond donors (Lipinski definition) is 1. The topological polar surface area (TPSA) is 63.1 Å². The Bertz CT molecular complexity index is 950. The van der Waals surface area contributed by atoms with Gasteiger partial charge in [0.25, 0.3) is 0 Å². The van der Waals surface area contributed by atoms with Crippen LogP contribution in [-0.4, -0.2) is 32.2 Å². The van der Waals surface area contributed by atoms with Crippen LogP contribution in [0.2, 0.25) is 0 Å². The molecular weight excluding hydrogens is 338 g/mol. The number of aromatic nitrogens is 3. The van der Waals surface area contributed by atoms with Crippen LogP contribution in [0, 0.1) is 13.8 Å². The number of carbonyl (C=O) groups excluding carboxylic acids is 1. The first-order valence-corrected chi connectivity index (χ1v) is 9.24. The van der Waals surface area contributed by atoms with Crippen LogP contribution in [0.1, 0.15) is 35.8 Å². The van der Waals surface area contributed by atoms with Crippen molar-refractivity contribution < 1.29 is 4.79 Å². The maximum absolute atomic E-state index is 13.0. The van der Waals surface area contributed by atoms with E-state index in [0.29, 0.717) is 6.54 Å². The van der Waals surface area contributed by atoms with Gasteiger partial charge in [0.2, 0.25) is 0 Å². The summed E-state index contributed by atoms with van der Waals surface area (Å²) in [5.74, 6) is 0.801. The molecule has 0 spiro atoms. The normalized spacial score (nSPS) is 16.5. The van der Waals surface area contributed by atoms with E-state index in [4.69, 9.17) is 0 Å². The van der Waals surface area contributed by atoms with Crippen molar-refractivity contribution in [2.75, 3.05) is 11.9 Å². The van der Waals surface area contributed by atoms with Crippen molar-refractivity contribution in [1.29, 1.82) is 0 Å². The molecule has 6 heteroatoms. The Morgan fingerprint density at radius 1 is 1.15 bits per heavy atom. The van der Waals surface area contributed by atoms with Gasteiger partial charge >= 0.3 is 6.03 Å². The van der Waals surface area contributed by atoms with Gasteiger partial charge in [-0.1, -0.05) is 30.3 Å². The predicted molar refractivity (Wildman–Crippen MR) is 105 cm³/mol. The second-order valence-electron chi connectivity index (χ2n) is 6.99. The Kier molecular flexibility index (Phi) is 4.62. The van der Waals surface area contributed by atoms with Crippen LogP contribution in [0.25, 0.3) is 5.69 Å². The lowest BCUT2D eigenvalue weighted by Crippen LogP contribution is -2.35. The minimum atomic E-state index is -0.0891. The molecule has 1 unspecified atom stereocenters. The zero-order valence-electron chi connectivity index (χ0n) is 15.6. The molecule has 3 aromatic rings. The number of anilines is 1. The summed E-state index contributed by atoms with van der Waals surface area (Å²) in [6.07, 6.45) is 3.54. The molecule has 138 valence electrons. The number of carbonyl (C=O) groups is 1. The van der Waals surface area contributed by atoms with Crippen LogP contribution in [0.4, 0.5) is 10.5 Å². The van der Waals surface area contributed by atoms with Crippen LogP contribution < -0.4 is 5.32 Å². The average molecular weight is 361 g/mol. The van der Waals surface area contributed by atoms with E-state index in [1.807, 2.05) is 71.8 Å². The van der Waals surface area contributed by atoms with Crippen molar-refractivity contribution in [2.24, 2.45) is 0 Å². The van der Waals surface area contributed by atoms with E-state index in [-0.39, 0.29) is 12.1 Å². The van der Waals surface area contributed by atoms with Crippen LogP contribution in [0.3, 0.4) is 0 Å². The second-order valence-corrected chi connectivity index (χ2v) is 6.99. The molecule has 6 nitrogen and oxygen atoms in total. The molecule has 1 saturated heterocycles. The third kappa shape index (κ3) is 3.43. The molecule has 0 bridgehead atoms. The number of aryl methyl sites for hydroxylation is 2. The molecule has 1 atom stereocenters. The van der Waals surface area contributed by atoms with Crippen molar-refractivity contribution in [3.63, 3.8) is 0 Å². The lowest BCUT2D eigenvalue weighted by molar-refractivity contribution is 0.204. The van der Waals surface area contributed by atoms with Gasteiger partial charge in [-0.2, -0.15) is 0 Å². The van der Waals surface area contributed by atoms with Gasteiger partial charge in [0.05, 0.1) is 6.04 Å². The van der Waals surface area contributed by atoms with E-state index in [2.05, 4.69) is 15.5 Å². The number of amides is 2. The van der Waals surface area contributed by atoms with Crippen molar-refractivity contribution in [3.05, 3.63) is 71.8 Å². The van der Waals surface area contributed by atoms with Crippen LogP contribution in [0.15, 0.2) is 54.9 Å². The van der Waals surface area contributed by atoms with Gasteiger partial charge in [0.15, 0.2) is 5.82 Å². The van der Waals surface area contributed by atoms with Crippen LogP contribution in [0.5, 0.6) is 0 Å². The van der Waals surface area contributed by atoms with E-state index in [9.17, 15) is 4.79 Å².